The molecule has 0 unspecified atom stereocenters. The summed E-state index contributed by atoms with van der Waals surface area (Å²) in [6.45, 7) is 3.70. The minimum Gasteiger partial charge on any atom is -0.436 e. The van der Waals surface area contributed by atoms with Crippen LogP contribution >= 0.6 is 0 Å². The van der Waals surface area contributed by atoms with Gasteiger partial charge < -0.3 is 9.32 Å². The molecule has 138 valence electrons. The van der Waals surface area contributed by atoms with Gasteiger partial charge in [0, 0.05) is 18.7 Å². The molecule has 1 atom stereocenters. The summed E-state index contributed by atoms with van der Waals surface area (Å²) in [6, 6.07) is 13.7. The van der Waals surface area contributed by atoms with Crippen molar-refractivity contribution in [1.29, 1.82) is 0 Å². The number of likely N-dealkylation sites (tertiary alicyclic amines) is 1. The number of aromatic nitrogens is 1. The maximum absolute atomic E-state index is 14.0. The van der Waals surface area contributed by atoms with E-state index in [-0.39, 0.29) is 11.7 Å². The summed E-state index contributed by atoms with van der Waals surface area (Å²) in [4.78, 5) is 19.3. The van der Waals surface area contributed by atoms with Crippen molar-refractivity contribution in [3.63, 3.8) is 0 Å². The van der Waals surface area contributed by atoms with Gasteiger partial charge in [-0.3, -0.25) is 4.79 Å². The molecule has 0 bridgehead atoms. The van der Waals surface area contributed by atoms with Crippen LogP contribution in [-0.4, -0.2) is 28.9 Å². The van der Waals surface area contributed by atoms with Crippen molar-refractivity contribution in [2.75, 3.05) is 13.1 Å². The van der Waals surface area contributed by atoms with Gasteiger partial charge in [0.2, 0.25) is 5.89 Å². The highest BCUT2D eigenvalue weighted by Gasteiger charge is 2.25. The molecule has 0 spiro atoms. The zero-order valence-corrected chi connectivity index (χ0v) is 15.2. The van der Waals surface area contributed by atoms with Crippen LogP contribution in [0.15, 0.2) is 59.1 Å². The molecular formula is C22H21FN2O2. The van der Waals surface area contributed by atoms with Crippen LogP contribution in [0.3, 0.4) is 0 Å². The summed E-state index contributed by atoms with van der Waals surface area (Å²) in [5, 5.41) is 0. The molecule has 4 nitrogen and oxygen atoms in total. The van der Waals surface area contributed by atoms with E-state index in [4.69, 9.17) is 4.42 Å². The fraction of sp³-hybridized carbons (Fsp3) is 0.273. The molecule has 1 fully saturated rings. The smallest absolute Gasteiger partial charge is 0.254 e. The number of amides is 1. The minimum atomic E-state index is -0.369. The Balaban J connectivity index is 1.68. The molecule has 1 aliphatic heterocycles. The Kier molecular flexibility index (Phi) is 4.75. The van der Waals surface area contributed by atoms with Crippen LogP contribution in [0.25, 0.3) is 22.8 Å². The average molecular weight is 364 g/mol. The standard InChI is InChI=1S/C22H21FN2O2/c1-15-7-6-12-25(14-15)22(26)17-9-3-2-8-16(17)21-24-13-20(27-21)18-10-4-5-11-19(18)23/h2-5,8-11,13,15H,6-7,12,14H2,1H3/t15-/m1/s1. The van der Waals surface area contributed by atoms with Gasteiger partial charge in [0.25, 0.3) is 5.91 Å². The van der Waals surface area contributed by atoms with Crippen LogP contribution < -0.4 is 0 Å². The Morgan fingerprint density at radius 1 is 1.15 bits per heavy atom. The Labute approximate surface area is 157 Å². The third kappa shape index (κ3) is 3.50. The number of oxazole rings is 1. The van der Waals surface area contributed by atoms with Crippen molar-refractivity contribution >= 4 is 5.91 Å². The van der Waals surface area contributed by atoms with Crippen LogP contribution in [0.2, 0.25) is 0 Å². The molecule has 2 aromatic carbocycles. The van der Waals surface area contributed by atoms with E-state index in [9.17, 15) is 9.18 Å². The van der Waals surface area contributed by atoms with E-state index in [1.807, 2.05) is 23.1 Å². The largest absolute Gasteiger partial charge is 0.436 e. The van der Waals surface area contributed by atoms with E-state index < -0.39 is 0 Å². The Hall–Kier alpha value is -2.95. The van der Waals surface area contributed by atoms with Crippen molar-refractivity contribution < 1.29 is 13.6 Å². The number of nitrogens with zero attached hydrogens (tertiary/aromatic N) is 2. The number of hydrogen-bond donors (Lipinski definition) is 0. The molecule has 1 saturated heterocycles. The second kappa shape index (κ2) is 7.35. The highest BCUT2D eigenvalue weighted by atomic mass is 19.1. The van der Waals surface area contributed by atoms with Gasteiger partial charge in [-0.05, 0) is 43.0 Å². The summed E-state index contributed by atoms with van der Waals surface area (Å²) < 4.78 is 19.8. The molecule has 0 aliphatic carbocycles. The fourth-order valence-electron chi connectivity index (χ4n) is 3.58. The first-order chi connectivity index (χ1) is 13.1. The van der Waals surface area contributed by atoms with Gasteiger partial charge in [0.1, 0.15) is 5.82 Å². The van der Waals surface area contributed by atoms with Crippen LogP contribution in [0, 0.1) is 11.7 Å². The molecule has 1 amide bonds. The zero-order chi connectivity index (χ0) is 18.8. The third-order valence-corrected chi connectivity index (χ3v) is 4.98. The molecule has 2 heterocycles. The van der Waals surface area contributed by atoms with Gasteiger partial charge >= 0.3 is 0 Å². The molecule has 5 heteroatoms. The van der Waals surface area contributed by atoms with Gasteiger partial charge in [0.15, 0.2) is 5.76 Å². The molecule has 4 rings (SSSR count). The van der Waals surface area contributed by atoms with E-state index in [1.165, 1.54) is 12.3 Å². The molecule has 1 aliphatic rings. The van der Waals surface area contributed by atoms with Gasteiger partial charge in [-0.25, -0.2) is 9.37 Å². The van der Waals surface area contributed by atoms with E-state index in [2.05, 4.69) is 11.9 Å². The first kappa shape index (κ1) is 17.5. The summed E-state index contributed by atoms with van der Waals surface area (Å²) in [7, 11) is 0. The summed E-state index contributed by atoms with van der Waals surface area (Å²) >= 11 is 0. The lowest BCUT2D eigenvalue weighted by Gasteiger charge is -2.31. The van der Waals surface area contributed by atoms with E-state index in [0.29, 0.717) is 34.3 Å². The van der Waals surface area contributed by atoms with Crippen LogP contribution in [-0.2, 0) is 0 Å². The SMILES string of the molecule is C[C@@H]1CCCN(C(=O)c2ccccc2-c2ncc(-c3ccccc3F)o2)C1. The first-order valence-electron chi connectivity index (χ1n) is 9.23. The minimum absolute atomic E-state index is 0.0113. The predicted octanol–water partition coefficient (Wildman–Crippen LogP) is 5.02. The number of halogens is 1. The van der Waals surface area contributed by atoms with Gasteiger partial charge in [-0.2, -0.15) is 0 Å². The third-order valence-electron chi connectivity index (χ3n) is 4.98. The number of piperidine rings is 1. The molecule has 0 saturated carbocycles. The fourth-order valence-corrected chi connectivity index (χ4v) is 3.58. The lowest BCUT2D eigenvalue weighted by Crippen LogP contribution is -2.39. The number of hydrogen-bond acceptors (Lipinski definition) is 3. The Morgan fingerprint density at radius 2 is 1.89 bits per heavy atom. The monoisotopic (exact) mass is 364 g/mol. The number of carbonyl (C=O) groups excluding carboxylic acids is 1. The van der Waals surface area contributed by atoms with Crippen LogP contribution in [0.1, 0.15) is 30.1 Å². The Morgan fingerprint density at radius 3 is 2.67 bits per heavy atom. The predicted molar refractivity (Wildman–Crippen MR) is 102 cm³/mol. The van der Waals surface area contributed by atoms with Gasteiger partial charge in [-0.15, -0.1) is 0 Å². The highest BCUT2D eigenvalue weighted by Crippen LogP contribution is 2.30. The second-order valence-corrected chi connectivity index (χ2v) is 7.05. The zero-order valence-electron chi connectivity index (χ0n) is 15.2. The highest BCUT2D eigenvalue weighted by molar-refractivity contribution is 6.00. The van der Waals surface area contributed by atoms with E-state index in [1.54, 1.807) is 24.3 Å². The summed E-state index contributed by atoms with van der Waals surface area (Å²) in [5.74, 6) is 0.790. The lowest BCUT2D eigenvalue weighted by molar-refractivity contribution is 0.0683. The summed E-state index contributed by atoms with van der Waals surface area (Å²) in [6.07, 6.45) is 3.67. The normalized spacial score (nSPS) is 17.1. The van der Waals surface area contributed by atoms with Crippen molar-refractivity contribution in [3.8, 4) is 22.8 Å². The van der Waals surface area contributed by atoms with Crippen LogP contribution in [0.4, 0.5) is 4.39 Å². The van der Waals surface area contributed by atoms with Crippen molar-refractivity contribution in [3.05, 3.63) is 66.1 Å². The van der Waals surface area contributed by atoms with Gasteiger partial charge in [0.05, 0.1) is 17.3 Å². The van der Waals surface area contributed by atoms with E-state index in [0.717, 1.165) is 25.9 Å². The summed E-state index contributed by atoms with van der Waals surface area (Å²) in [5.41, 5.74) is 1.54. The van der Waals surface area contributed by atoms with Crippen molar-refractivity contribution in [1.82, 2.24) is 9.88 Å². The maximum Gasteiger partial charge on any atom is 0.254 e. The molecule has 0 radical (unpaired) electrons. The molecule has 0 N–H and O–H groups in total. The number of carbonyl (C=O) groups is 1. The Bertz CT molecular complexity index is 966. The van der Waals surface area contributed by atoms with Gasteiger partial charge in [-0.1, -0.05) is 31.2 Å². The molecular weight excluding hydrogens is 343 g/mol. The first-order valence-corrected chi connectivity index (χ1v) is 9.23. The number of benzene rings is 2. The van der Waals surface area contributed by atoms with Crippen LogP contribution in [0.5, 0.6) is 0 Å². The second-order valence-electron chi connectivity index (χ2n) is 7.05. The van der Waals surface area contributed by atoms with Crippen molar-refractivity contribution in [2.24, 2.45) is 5.92 Å². The van der Waals surface area contributed by atoms with Crippen molar-refractivity contribution in [2.45, 2.75) is 19.8 Å². The molecule has 27 heavy (non-hydrogen) atoms. The lowest BCUT2D eigenvalue weighted by atomic mass is 9.98. The number of rotatable bonds is 3. The topological polar surface area (TPSA) is 46.3 Å². The average Bonchev–Trinajstić information content (AvgIpc) is 3.17. The quantitative estimate of drug-likeness (QED) is 0.655. The molecule has 3 aromatic rings. The maximum atomic E-state index is 14.0. The van der Waals surface area contributed by atoms with E-state index >= 15 is 0 Å². The molecule has 1 aromatic heterocycles.